The highest BCUT2D eigenvalue weighted by molar-refractivity contribution is 5.88. The quantitative estimate of drug-likeness (QED) is 0.643. The zero-order valence-corrected chi connectivity index (χ0v) is 12.8. The van der Waals surface area contributed by atoms with Crippen molar-refractivity contribution >= 4 is 11.9 Å². The molecule has 0 aliphatic heterocycles. The van der Waals surface area contributed by atoms with E-state index < -0.39 is 5.97 Å². The van der Waals surface area contributed by atoms with E-state index in [0.717, 1.165) is 5.56 Å². The summed E-state index contributed by atoms with van der Waals surface area (Å²) in [5.74, 6) is -0.0947. The molecule has 0 heterocycles. The van der Waals surface area contributed by atoms with Crippen LogP contribution in [0.5, 0.6) is 5.75 Å². The van der Waals surface area contributed by atoms with Crippen LogP contribution in [0.4, 0.5) is 0 Å². The number of esters is 1. The molecule has 0 aliphatic carbocycles. The second kappa shape index (κ2) is 8.09. The number of benzene rings is 1. The van der Waals surface area contributed by atoms with Gasteiger partial charge >= 0.3 is 5.97 Å². The number of hydrogen-bond donors (Lipinski definition) is 1. The van der Waals surface area contributed by atoms with Gasteiger partial charge in [0.15, 0.2) is 0 Å². The Balaban J connectivity index is 2.61. The lowest BCUT2D eigenvalue weighted by Gasteiger charge is -2.12. The molecule has 1 aromatic carbocycles. The van der Waals surface area contributed by atoms with E-state index in [0.29, 0.717) is 11.3 Å². The summed E-state index contributed by atoms with van der Waals surface area (Å²) in [6.45, 7) is 3.75. The molecule has 0 aromatic heterocycles. The minimum Gasteiger partial charge on any atom is -0.497 e. The fourth-order valence-electron chi connectivity index (χ4n) is 1.76. The van der Waals surface area contributed by atoms with Crippen molar-refractivity contribution in [3.8, 4) is 5.75 Å². The summed E-state index contributed by atoms with van der Waals surface area (Å²) in [5.41, 5.74) is 1.34. The van der Waals surface area contributed by atoms with Gasteiger partial charge in [0, 0.05) is 12.1 Å². The maximum Gasteiger partial charge on any atom is 0.333 e. The number of nitrogens with one attached hydrogen (secondary N) is 1. The van der Waals surface area contributed by atoms with Gasteiger partial charge in [-0.2, -0.15) is 0 Å². The Bertz CT molecular complexity index is 537. The average Bonchev–Trinajstić information content (AvgIpc) is 2.52. The van der Waals surface area contributed by atoms with Gasteiger partial charge < -0.3 is 14.8 Å². The van der Waals surface area contributed by atoms with Crippen molar-refractivity contribution in [1.29, 1.82) is 0 Å². The molecule has 0 bridgehead atoms. The third kappa shape index (κ3) is 4.95. The molecule has 5 nitrogen and oxygen atoms in total. The third-order valence-electron chi connectivity index (χ3n) is 3.18. The van der Waals surface area contributed by atoms with Crippen LogP contribution in [0.2, 0.25) is 0 Å². The first-order valence-electron chi connectivity index (χ1n) is 6.66. The van der Waals surface area contributed by atoms with Crippen LogP contribution in [-0.4, -0.2) is 32.6 Å². The maximum atomic E-state index is 12.1. The summed E-state index contributed by atoms with van der Waals surface area (Å²) in [6.07, 6.45) is 1.63. The van der Waals surface area contributed by atoms with Crippen molar-refractivity contribution in [3.05, 3.63) is 41.5 Å². The van der Waals surface area contributed by atoms with E-state index in [2.05, 4.69) is 10.1 Å². The highest BCUT2D eigenvalue weighted by Gasteiger charge is 2.15. The van der Waals surface area contributed by atoms with Gasteiger partial charge in [0.25, 0.3) is 0 Å². The number of carbonyl (C=O) groups is 2. The van der Waals surface area contributed by atoms with Crippen molar-refractivity contribution in [2.45, 2.75) is 19.8 Å². The zero-order valence-electron chi connectivity index (χ0n) is 12.8. The molecule has 21 heavy (non-hydrogen) atoms. The van der Waals surface area contributed by atoms with E-state index in [1.54, 1.807) is 20.1 Å². The van der Waals surface area contributed by atoms with Crippen LogP contribution in [0.25, 0.3) is 0 Å². The van der Waals surface area contributed by atoms with Crippen molar-refractivity contribution < 1.29 is 19.1 Å². The van der Waals surface area contributed by atoms with E-state index >= 15 is 0 Å². The van der Waals surface area contributed by atoms with Crippen LogP contribution in [0.1, 0.15) is 25.3 Å². The standard InChI is InChI=1S/C16H21NO4/c1-11(16(19)21-4)8-9-17-15(18)12(2)13-6-5-7-14(10-13)20-3/h5-8,10,12H,9H2,1-4H3,(H,17,18)/b11-8+. The molecule has 0 saturated heterocycles. The Kier molecular flexibility index (Phi) is 6.46. The van der Waals surface area contributed by atoms with Gasteiger partial charge in [-0.15, -0.1) is 0 Å². The molecule has 0 spiro atoms. The number of methoxy groups -OCH3 is 2. The van der Waals surface area contributed by atoms with Crippen molar-refractivity contribution in [3.63, 3.8) is 0 Å². The molecular weight excluding hydrogens is 270 g/mol. The van der Waals surface area contributed by atoms with Gasteiger partial charge in [0.05, 0.1) is 20.1 Å². The molecule has 1 amide bonds. The highest BCUT2D eigenvalue weighted by atomic mass is 16.5. The van der Waals surface area contributed by atoms with Crippen LogP contribution in [0.3, 0.4) is 0 Å². The monoisotopic (exact) mass is 291 g/mol. The summed E-state index contributed by atoms with van der Waals surface area (Å²) in [6, 6.07) is 7.39. The molecule has 1 unspecified atom stereocenters. The van der Waals surface area contributed by atoms with Crippen molar-refractivity contribution in [2.75, 3.05) is 20.8 Å². The molecule has 1 N–H and O–H groups in total. The Labute approximate surface area is 124 Å². The molecule has 0 saturated carbocycles. The molecule has 0 radical (unpaired) electrons. The molecule has 1 atom stereocenters. The smallest absolute Gasteiger partial charge is 0.333 e. The van der Waals surface area contributed by atoms with Crippen LogP contribution < -0.4 is 10.1 Å². The van der Waals surface area contributed by atoms with E-state index in [1.807, 2.05) is 31.2 Å². The fraction of sp³-hybridized carbons (Fsp3) is 0.375. The Morgan fingerprint density at radius 3 is 2.67 bits per heavy atom. The topological polar surface area (TPSA) is 64.6 Å². The predicted octanol–water partition coefficient (Wildman–Crippen LogP) is 2.03. The molecule has 0 aliphatic rings. The van der Waals surface area contributed by atoms with Gasteiger partial charge in [-0.1, -0.05) is 18.2 Å². The van der Waals surface area contributed by atoms with E-state index in [4.69, 9.17) is 4.74 Å². The molecule has 5 heteroatoms. The molecule has 1 aromatic rings. The zero-order chi connectivity index (χ0) is 15.8. The number of rotatable bonds is 6. The third-order valence-corrected chi connectivity index (χ3v) is 3.18. The second-order valence-electron chi connectivity index (χ2n) is 4.62. The molecule has 0 fully saturated rings. The van der Waals surface area contributed by atoms with E-state index in [9.17, 15) is 9.59 Å². The lowest BCUT2D eigenvalue weighted by molar-refractivity contribution is -0.136. The van der Waals surface area contributed by atoms with Gasteiger partial charge in [0.1, 0.15) is 5.75 Å². The molecule has 114 valence electrons. The van der Waals surface area contributed by atoms with Gasteiger partial charge in [0.2, 0.25) is 5.91 Å². The lowest BCUT2D eigenvalue weighted by atomic mass is 10.00. The predicted molar refractivity (Wildman–Crippen MR) is 80.2 cm³/mol. The molecular formula is C16H21NO4. The highest BCUT2D eigenvalue weighted by Crippen LogP contribution is 2.20. The van der Waals surface area contributed by atoms with Gasteiger partial charge in [-0.25, -0.2) is 4.79 Å². The summed E-state index contributed by atoms with van der Waals surface area (Å²) in [7, 11) is 2.91. The largest absolute Gasteiger partial charge is 0.497 e. The normalized spacial score (nSPS) is 12.5. The van der Waals surface area contributed by atoms with Crippen LogP contribution in [-0.2, 0) is 14.3 Å². The van der Waals surface area contributed by atoms with Gasteiger partial charge in [-0.05, 0) is 31.5 Å². The summed E-state index contributed by atoms with van der Waals surface area (Å²) in [5, 5.41) is 2.76. The average molecular weight is 291 g/mol. The number of carbonyl (C=O) groups excluding carboxylic acids is 2. The summed E-state index contributed by atoms with van der Waals surface area (Å²) >= 11 is 0. The first-order chi connectivity index (χ1) is 9.99. The first kappa shape index (κ1) is 16.8. The summed E-state index contributed by atoms with van der Waals surface area (Å²) in [4.78, 5) is 23.3. The Morgan fingerprint density at radius 1 is 1.33 bits per heavy atom. The fourth-order valence-corrected chi connectivity index (χ4v) is 1.76. The van der Waals surface area contributed by atoms with Crippen LogP contribution in [0.15, 0.2) is 35.9 Å². The van der Waals surface area contributed by atoms with E-state index in [1.165, 1.54) is 7.11 Å². The SMILES string of the molecule is COC(=O)/C(C)=C/CNC(=O)C(C)c1cccc(OC)c1. The minimum atomic E-state index is -0.398. The van der Waals surface area contributed by atoms with Crippen LogP contribution in [0, 0.1) is 0 Å². The number of ether oxygens (including phenoxy) is 2. The first-order valence-corrected chi connectivity index (χ1v) is 6.66. The minimum absolute atomic E-state index is 0.114. The van der Waals surface area contributed by atoms with Crippen molar-refractivity contribution in [2.24, 2.45) is 0 Å². The number of amides is 1. The second-order valence-corrected chi connectivity index (χ2v) is 4.62. The Hall–Kier alpha value is -2.30. The number of hydrogen-bond acceptors (Lipinski definition) is 4. The van der Waals surface area contributed by atoms with E-state index in [-0.39, 0.29) is 18.4 Å². The molecule has 1 rings (SSSR count). The van der Waals surface area contributed by atoms with Crippen molar-refractivity contribution in [1.82, 2.24) is 5.32 Å². The maximum absolute atomic E-state index is 12.1. The Morgan fingerprint density at radius 2 is 2.05 bits per heavy atom. The summed E-state index contributed by atoms with van der Waals surface area (Å²) < 4.78 is 9.72. The van der Waals surface area contributed by atoms with Crippen LogP contribution >= 0.6 is 0 Å². The van der Waals surface area contributed by atoms with Gasteiger partial charge in [-0.3, -0.25) is 4.79 Å². The lowest BCUT2D eigenvalue weighted by Crippen LogP contribution is -2.28.